The molecule has 3 aromatic rings. The number of carbonyl (C=O) groups excluding carboxylic acids is 1. The van der Waals surface area contributed by atoms with E-state index in [-0.39, 0.29) is 6.73 Å². The van der Waals surface area contributed by atoms with E-state index in [1.807, 2.05) is 29.8 Å². The zero-order chi connectivity index (χ0) is 12.5. The van der Waals surface area contributed by atoms with Gasteiger partial charge >= 0.3 is 5.97 Å². The van der Waals surface area contributed by atoms with Crippen LogP contribution in [-0.4, -0.2) is 15.5 Å². The van der Waals surface area contributed by atoms with Crippen LogP contribution in [0, 0.1) is 6.92 Å². The summed E-state index contributed by atoms with van der Waals surface area (Å²) in [6, 6.07) is 7.27. The van der Waals surface area contributed by atoms with Crippen molar-refractivity contribution in [3.05, 3.63) is 48.1 Å². The van der Waals surface area contributed by atoms with Crippen LogP contribution in [0.4, 0.5) is 0 Å². The smallest absolute Gasteiger partial charge is 0.356 e. The highest BCUT2D eigenvalue weighted by Gasteiger charge is 2.12. The molecule has 0 spiro atoms. The van der Waals surface area contributed by atoms with Gasteiger partial charge in [0, 0.05) is 24.0 Å². The van der Waals surface area contributed by atoms with Gasteiger partial charge in [-0.3, -0.25) is 0 Å². The third-order valence-electron chi connectivity index (χ3n) is 2.85. The van der Waals surface area contributed by atoms with E-state index in [1.54, 1.807) is 18.4 Å². The van der Waals surface area contributed by atoms with E-state index in [0.29, 0.717) is 11.3 Å². The second-order valence-electron chi connectivity index (χ2n) is 4.06. The fourth-order valence-electron chi connectivity index (χ4n) is 1.81. The first-order chi connectivity index (χ1) is 8.74. The van der Waals surface area contributed by atoms with Gasteiger partial charge in [0.2, 0.25) is 0 Å². The standard InChI is InChI=1S/C13H12N2O3/c1-9-3-2-5-15(9)8-18-13(16)11-7-12-10(14-11)4-6-17-12/h2-7,14H,8H2,1H3. The number of esters is 1. The summed E-state index contributed by atoms with van der Waals surface area (Å²) in [5.41, 5.74) is 2.88. The van der Waals surface area contributed by atoms with E-state index in [1.165, 1.54) is 0 Å². The summed E-state index contributed by atoms with van der Waals surface area (Å²) in [5.74, 6) is -0.394. The number of nitrogens with one attached hydrogen (secondary N) is 1. The predicted octanol–water partition coefficient (Wildman–Crippen LogP) is 2.69. The third kappa shape index (κ3) is 1.79. The fraction of sp³-hybridized carbons (Fsp3) is 0.154. The number of aryl methyl sites for hydroxylation is 1. The molecule has 0 aliphatic rings. The minimum absolute atomic E-state index is 0.206. The van der Waals surface area contributed by atoms with Gasteiger partial charge in [0.05, 0.1) is 11.8 Å². The largest absolute Gasteiger partial charge is 0.463 e. The van der Waals surface area contributed by atoms with Gasteiger partial charge in [-0.05, 0) is 19.1 Å². The third-order valence-corrected chi connectivity index (χ3v) is 2.85. The van der Waals surface area contributed by atoms with Crippen molar-refractivity contribution in [1.29, 1.82) is 0 Å². The van der Waals surface area contributed by atoms with Crippen LogP contribution in [0.1, 0.15) is 16.2 Å². The molecule has 3 rings (SSSR count). The van der Waals surface area contributed by atoms with Crippen LogP contribution < -0.4 is 0 Å². The molecular weight excluding hydrogens is 232 g/mol. The Bertz CT molecular complexity index is 661. The molecule has 3 heterocycles. The molecule has 0 atom stereocenters. The number of furan rings is 1. The number of aromatic amines is 1. The summed E-state index contributed by atoms with van der Waals surface area (Å²) in [4.78, 5) is 14.8. The van der Waals surface area contributed by atoms with Crippen LogP contribution in [0.15, 0.2) is 41.1 Å². The van der Waals surface area contributed by atoms with Crippen LogP contribution >= 0.6 is 0 Å². The van der Waals surface area contributed by atoms with Gasteiger partial charge in [-0.25, -0.2) is 4.79 Å². The van der Waals surface area contributed by atoms with Crippen LogP contribution in [-0.2, 0) is 11.5 Å². The second-order valence-corrected chi connectivity index (χ2v) is 4.06. The monoisotopic (exact) mass is 244 g/mol. The van der Waals surface area contributed by atoms with E-state index in [4.69, 9.17) is 9.15 Å². The number of rotatable bonds is 3. The van der Waals surface area contributed by atoms with Gasteiger partial charge in [-0.2, -0.15) is 0 Å². The van der Waals surface area contributed by atoms with Crippen molar-refractivity contribution in [2.75, 3.05) is 0 Å². The molecule has 0 aliphatic carbocycles. The highest BCUT2D eigenvalue weighted by molar-refractivity contribution is 5.92. The average molecular weight is 244 g/mol. The summed E-state index contributed by atoms with van der Waals surface area (Å²) < 4.78 is 12.2. The molecule has 0 fully saturated rings. The molecule has 5 heteroatoms. The lowest BCUT2D eigenvalue weighted by Crippen LogP contribution is -2.10. The molecule has 5 nitrogen and oxygen atoms in total. The number of H-pyrrole nitrogens is 1. The number of aromatic nitrogens is 2. The lowest BCUT2D eigenvalue weighted by Gasteiger charge is -2.06. The molecule has 0 aromatic carbocycles. The summed E-state index contributed by atoms with van der Waals surface area (Å²) in [5, 5.41) is 0. The number of nitrogens with zero attached hydrogens (tertiary/aromatic N) is 1. The highest BCUT2D eigenvalue weighted by atomic mass is 16.5. The van der Waals surface area contributed by atoms with Crippen molar-refractivity contribution in [3.63, 3.8) is 0 Å². The zero-order valence-corrected chi connectivity index (χ0v) is 9.84. The first-order valence-electron chi connectivity index (χ1n) is 5.59. The van der Waals surface area contributed by atoms with Gasteiger partial charge < -0.3 is 18.7 Å². The molecule has 0 saturated heterocycles. The molecule has 0 saturated carbocycles. The Balaban J connectivity index is 1.72. The van der Waals surface area contributed by atoms with Crippen LogP contribution in [0.2, 0.25) is 0 Å². The number of hydrogen-bond acceptors (Lipinski definition) is 3. The lowest BCUT2D eigenvalue weighted by atomic mass is 10.4. The number of carbonyl (C=O) groups is 1. The topological polar surface area (TPSA) is 60.2 Å². The quantitative estimate of drug-likeness (QED) is 0.720. The molecule has 0 radical (unpaired) electrons. The number of fused-ring (bicyclic) bond motifs is 1. The summed E-state index contributed by atoms with van der Waals surface area (Å²) >= 11 is 0. The van der Waals surface area contributed by atoms with Crippen molar-refractivity contribution in [3.8, 4) is 0 Å². The zero-order valence-electron chi connectivity index (χ0n) is 9.84. The first kappa shape index (κ1) is 10.7. The van der Waals surface area contributed by atoms with Crippen molar-refractivity contribution in [1.82, 2.24) is 9.55 Å². The van der Waals surface area contributed by atoms with Crippen molar-refractivity contribution in [2.45, 2.75) is 13.7 Å². The Labute approximate surface area is 103 Å². The highest BCUT2D eigenvalue weighted by Crippen LogP contribution is 2.16. The van der Waals surface area contributed by atoms with Gasteiger partial charge in [0.1, 0.15) is 5.69 Å². The molecule has 0 amide bonds. The molecule has 0 aliphatic heterocycles. The molecule has 0 unspecified atom stereocenters. The van der Waals surface area contributed by atoms with Crippen LogP contribution in [0.5, 0.6) is 0 Å². The number of ether oxygens (including phenoxy) is 1. The van der Waals surface area contributed by atoms with Gasteiger partial charge in [-0.15, -0.1) is 0 Å². The Morgan fingerprint density at radius 2 is 2.39 bits per heavy atom. The molecule has 0 bridgehead atoms. The maximum Gasteiger partial charge on any atom is 0.356 e. The molecule has 18 heavy (non-hydrogen) atoms. The summed E-state index contributed by atoms with van der Waals surface area (Å²) in [7, 11) is 0. The molecular formula is C13H12N2O3. The number of hydrogen-bond donors (Lipinski definition) is 1. The summed E-state index contributed by atoms with van der Waals surface area (Å²) in [6.45, 7) is 2.16. The van der Waals surface area contributed by atoms with E-state index in [9.17, 15) is 4.79 Å². The van der Waals surface area contributed by atoms with Crippen molar-refractivity contribution < 1.29 is 13.9 Å². The molecule has 3 aromatic heterocycles. The van der Waals surface area contributed by atoms with E-state index < -0.39 is 5.97 Å². The SMILES string of the molecule is Cc1cccn1COC(=O)c1cc2occc2[nH]1. The normalized spacial score (nSPS) is 10.9. The second kappa shape index (κ2) is 4.10. The minimum Gasteiger partial charge on any atom is -0.463 e. The minimum atomic E-state index is -0.394. The van der Waals surface area contributed by atoms with Gasteiger partial charge in [0.15, 0.2) is 12.3 Å². The Morgan fingerprint density at radius 1 is 1.50 bits per heavy atom. The Morgan fingerprint density at radius 3 is 3.11 bits per heavy atom. The first-order valence-corrected chi connectivity index (χ1v) is 5.59. The van der Waals surface area contributed by atoms with Crippen LogP contribution in [0.25, 0.3) is 11.1 Å². The van der Waals surface area contributed by atoms with E-state index >= 15 is 0 Å². The van der Waals surface area contributed by atoms with Gasteiger partial charge in [-0.1, -0.05) is 0 Å². The van der Waals surface area contributed by atoms with E-state index in [0.717, 1.165) is 11.2 Å². The Kier molecular flexibility index (Phi) is 2.44. The Hall–Kier alpha value is -2.43. The maximum atomic E-state index is 11.8. The predicted molar refractivity (Wildman–Crippen MR) is 65.1 cm³/mol. The van der Waals surface area contributed by atoms with Crippen molar-refractivity contribution >= 4 is 17.1 Å². The molecule has 1 N–H and O–H groups in total. The summed E-state index contributed by atoms with van der Waals surface area (Å²) in [6.07, 6.45) is 3.43. The van der Waals surface area contributed by atoms with Crippen LogP contribution in [0.3, 0.4) is 0 Å². The van der Waals surface area contributed by atoms with Crippen molar-refractivity contribution in [2.24, 2.45) is 0 Å². The average Bonchev–Trinajstić information content (AvgIpc) is 3.00. The fourth-order valence-corrected chi connectivity index (χ4v) is 1.81. The van der Waals surface area contributed by atoms with E-state index in [2.05, 4.69) is 4.98 Å². The maximum absolute atomic E-state index is 11.8. The lowest BCUT2D eigenvalue weighted by molar-refractivity contribution is 0.0364. The molecule has 92 valence electrons. The van der Waals surface area contributed by atoms with Gasteiger partial charge in [0.25, 0.3) is 0 Å².